The highest BCUT2D eigenvalue weighted by Gasteiger charge is 2.31. The maximum Gasteiger partial charge on any atom is 0.205 e. The van der Waals surface area contributed by atoms with Gasteiger partial charge in [0.15, 0.2) is 11.2 Å². The van der Waals surface area contributed by atoms with Crippen molar-refractivity contribution in [1.82, 2.24) is 4.57 Å². The zero-order valence-corrected chi connectivity index (χ0v) is 18.6. The van der Waals surface area contributed by atoms with Gasteiger partial charge in [0.25, 0.3) is 0 Å². The molecule has 0 amide bonds. The Labute approximate surface area is 193 Å². The first kappa shape index (κ1) is 22.9. The van der Waals surface area contributed by atoms with E-state index in [1.165, 1.54) is 23.8 Å². The first-order valence-electron chi connectivity index (χ1n) is 10.1. The maximum atomic E-state index is 14.7. The second-order valence-corrected chi connectivity index (χ2v) is 7.92. The molecule has 172 valence electrons. The number of carbonyl (C=O) groups excluding carboxylic acids is 1. The lowest BCUT2D eigenvalue weighted by Crippen LogP contribution is -2.28. The molecule has 0 aliphatic carbocycles. The molecule has 0 spiro atoms. The van der Waals surface area contributed by atoms with Crippen LogP contribution in [0.25, 0.3) is 11.3 Å². The summed E-state index contributed by atoms with van der Waals surface area (Å²) in [5.74, 6) is -1.22. The molecule has 0 fully saturated rings. The predicted octanol–water partition coefficient (Wildman–Crippen LogP) is 5.00. The minimum absolute atomic E-state index is 0.0995. The first-order chi connectivity index (χ1) is 15.8. The van der Waals surface area contributed by atoms with Gasteiger partial charge in [-0.3, -0.25) is 9.59 Å². The number of benzene rings is 2. The number of Topliss-reactive ketones (excluding diaryl/α,β-unsaturated/α-hetero) is 1. The van der Waals surface area contributed by atoms with E-state index in [1.807, 2.05) is 0 Å². The molecule has 9 heteroatoms. The van der Waals surface area contributed by atoms with Gasteiger partial charge >= 0.3 is 0 Å². The van der Waals surface area contributed by atoms with E-state index in [9.17, 15) is 18.4 Å². The van der Waals surface area contributed by atoms with Crippen molar-refractivity contribution < 1.29 is 27.8 Å². The third-order valence-corrected chi connectivity index (χ3v) is 5.53. The number of ketones is 1. The number of halogens is 3. The Kier molecular flexibility index (Phi) is 6.49. The molecule has 2 aromatic carbocycles. The molecular weight excluding hydrogens is 456 g/mol. The zero-order valence-electron chi connectivity index (χ0n) is 17.9. The normalized spacial score (nSPS) is 14.3. The molecule has 4 rings (SSSR count). The smallest absolute Gasteiger partial charge is 0.205 e. The van der Waals surface area contributed by atoms with Crippen LogP contribution in [0.1, 0.15) is 35.5 Å². The van der Waals surface area contributed by atoms with Crippen molar-refractivity contribution in [2.24, 2.45) is 0 Å². The van der Waals surface area contributed by atoms with Crippen molar-refractivity contribution in [2.45, 2.75) is 19.6 Å². The third kappa shape index (κ3) is 4.49. The van der Waals surface area contributed by atoms with Gasteiger partial charge in [0.05, 0.1) is 28.5 Å². The van der Waals surface area contributed by atoms with Crippen LogP contribution < -0.4 is 14.9 Å². The highest BCUT2D eigenvalue weighted by molar-refractivity contribution is 6.32. The summed E-state index contributed by atoms with van der Waals surface area (Å²) in [5, 5.41) is 0.278. The molecule has 0 radical (unpaired) electrons. The van der Waals surface area contributed by atoms with E-state index >= 15 is 0 Å². The number of methoxy groups -OCH3 is 1. The van der Waals surface area contributed by atoms with Crippen molar-refractivity contribution in [3.63, 3.8) is 0 Å². The fourth-order valence-corrected chi connectivity index (χ4v) is 3.86. The fourth-order valence-electron chi connectivity index (χ4n) is 3.65. The van der Waals surface area contributed by atoms with Crippen molar-refractivity contribution >= 4 is 17.4 Å². The molecule has 1 aliphatic heterocycles. The summed E-state index contributed by atoms with van der Waals surface area (Å²) < 4.78 is 46.9. The number of rotatable bonds is 7. The van der Waals surface area contributed by atoms with E-state index in [1.54, 1.807) is 19.2 Å². The first-order valence-corrected chi connectivity index (χ1v) is 10.5. The third-order valence-electron chi connectivity index (χ3n) is 5.23. The summed E-state index contributed by atoms with van der Waals surface area (Å²) in [7, 11) is 1.59. The minimum atomic E-state index is -1.18. The topological polar surface area (TPSA) is 66.8 Å². The number of fused-ring (bicyclic) bond motifs is 3. The molecule has 3 aromatic rings. The van der Waals surface area contributed by atoms with Gasteiger partial charge in [-0.05, 0) is 31.2 Å². The summed E-state index contributed by atoms with van der Waals surface area (Å²) in [6, 6.07) is 7.37. The summed E-state index contributed by atoms with van der Waals surface area (Å²) in [6.45, 7) is 2.10. The van der Waals surface area contributed by atoms with Crippen LogP contribution in [0.3, 0.4) is 0 Å². The lowest BCUT2D eigenvalue weighted by Gasteiger charge is -2.32. The lowest BCUT2D eigenvalue weighted by atomic mass is 10.0. The lowest BCUT2D eigenvalue weighted by molar-refractivity contribution is 0.101. The van der Waals surface area contributed by atoms with Crippen LogP contribution in [0.2, 0.25) is 5.02 Å². The Morgan fingerprint density at radius 2 is 1.97 bits per heavy atom. The van der Waals surface area contributed by atoms with Gasteiger partial charge in [-0.2, -0.15) is 0 Å². The Morgan fingerprint density at radius 1 is 1.18 bits per heavy atom. The summed E-state index contributed by atoms with van der Waals surface area (Å²) in [6.07, 6.45) is 0.749. The second kappa shape index (κ2) is 9.33. The number of carbonyl (C=O) groups is 1. The van der Waals surface area contributed by atoms with Gasteiger partial charge in [0, 0.05) is 44.0 Å². The molecule has 0 saturated carbocycles. The SMILES string of the molecule is COCCCOc1cc2c(cc1Cl)-c1cc(=O)c(C(C)=O)cn1C(c1cc(F)ccc1F)O2. The van der Waals surface area contributed by atoms with Gasteiger partial charge in [0.1, 0.15) is 23.1 Å². The van der Waals surface area contributed by atoms with Gasteiger partial charge in [0.2, 0.25) is 6.23 Å². The van der Waals surface area contributed by atoms with Crippen molar-refractivity contribution in [1.29, 1.82) is 0 Å². The molecule has 0 bridgehead atoms. The van der Waals surface area contributed by atoms with E-state index in [0.717, 1.165) is 18.2 Å². The van der Waals surface area contributed by atoms with Crippen LogP contribution >= 0.6 is 11.6 Å². The minimum Gasteiger partial charge on any atom is -0.492 e. The number of nitrogens with zero attached hydrogens (tertiary/aromatic N) is 1. The van der Waals surface area contributed by atoms with Crippen LogP contribution in [-0.4, -0.2) is 30.7 Å². The summed E-state index contributed by atoms with van der Waals surface area (Å²) in [5.41, 5.74) is 0.0858. The number of ether oxygens (including phenoxy) is 3. The molecule has 0 N–H and O–H groups in total. The van der Waals surface area contributed by atoms with Crippen LogP contribution in [-0.2, 0) is 4.74 Å². The van der Waals surface area contributed by atoms with Gasteiger partial charge in [-0.1, -0.05) is 11.6 Å². The average molecular weight is 476 g/mol. The number of pyridine rings is 1. The molecule has 1 unspecified atom stereocenters. The molecule has 0 saturated heterocycles. The maximum absolute atomic E-state index is 14.7. The van der Waals surface area contributed by atoms with Crippen molar-refractivity contribution in [3.8, 4) is 22.8 Å². The largest absolute Gasteiger partial charge is 0.492 e. The van der Waals surface area contributed by atoms with E-state index in [-0.39, 0.29) is 21.9 Å². The highest BCUT2D eigenvalue weighted by atomic mass is 35.5. The number of hydrogen-bond donors (Lipinski definition) is 0. The number of aromatic nitrogens is 1. The fraction of sp³-hybridized carbons (Fsp3) is 0.250. The molecule has 2 heterocycles. The summed E-state index contributed by atoms with van der Waals surface area (Å²) >= 11 is 6.40. The van der Waals surface area contributed by atoms with Crippen molar-refractivity contribution in [2.75, 3.05) is 20.3 Å². The molecule has 33 heavy (non-hydrogen) atoms. The van der Waals surface area contributed by atoms with Crippen LogP contribution in [0.4, 0.5) is 8.78 Å². The van der Waals surface area contributed by atoms with Crippen LogP contribution in [0.5, 0.6) is 11.5 Å². The Morgan fingerprint density at radius 3 is 2.70 bits per heavy atom. The Hall–Kier alpha value is -3.23. The second-order valence-electron chi connectivity index (χ2n) is 7.51. The molecular formula is C24H20ClF2NO5. The quantitative estimate of drug-likeness (QED) is 0.355. The van der Waals surface area contributed by atoms with Gasteiger partial charge < -0.3 is 18.8 Å². The molecule has 1 aliphatic rings. The van der Waals surface area contributed by atoms with Crippen LogP contribution in [0.15, 0.2) is 47.4 Å². The van der Waals surface area contributed by atoms with E-state index < -0.39 is 29.1 Å². The van der Waals surface area contributed by atoms with Crippen LogP contribution in [0, 0.1) is 11.6 Å². The molecule has 1 aromatic heterocycles. The Bertz CT molecular complexity index is 1290. The zero-order chi connectivity index (χ0) is 23.7. The molecule has 1 atom stereocenters. The highest BCUT2D eigenvalue weighted by Crippen LogP contribution is 2.45. The monoisotopic (exact) mass is 475 g/mol. The number of hydrogen-bond acceptors (Lipinski definition) is 5. The summed E-state index contributed by atoms with van der Waals surface area (Å²) in [4.78, 5) is 24.6. The Balaban J connectivity index is 1.87. The molecule has 6 nitrogen and oxygen atoms in total. The van der Waals surface area contributed by atoms with Gasteiger partial charge in [-0.25, -0.2) is 8.78 Å². The predicted molar refractivity (Wildman–Crippen MR) is 118 cm³/mol. The standard InChI is InChI=1S/C24H20ClF2NO5/c1-13(29)17-12-28-20(10-21(17)30)16-9-18(25)23(32-7-3-6-31-2)11-22(16)33-24(28)15-8-14(26)4-5-19(15)27/h4-5,8-12,24H,3,6-7H2,1-2H3. The van der Waals surface area contributed by atoms with E-state index in [2.05, 4.69) is 0 Å². The van der Waals surface area contributed by atoms with E-state index in [4.69, 9.17) is 25.8 Å². The van der Waals surface area contributed by atoms with Gasteiger partial charge in [-0.15, -0.1) is 0 Å². The average Bonchev–Trinajstić information content (AvgIpc) is 2.78. The van der Waals surface area contributed by atoms with Crippen molar-refractivity contribution in [3.05, 3.63) is 80.6 Å². The van der Waals surface area contributed by atoms with E-state index in [0.29, 0.717) is 36.6 Å².